The molecule has 0 spiro atoms. The van der Waals surface area contributed by atoms with E-state index in [1.165, 1.54) is 12.1 Å². The number of thiocarbonyl (C=S) groups is 1. The lowest BCUT2D eigenvalue weighted by Crippen LogP contribution is -2.30. The van der Waals surface area contributed by atoms with Crippen LogP contribution >= 0.6 is 12.2 Å². The van der Waals surface area contributed by atoms with E-state index in [1.807, 2.05) is 12.1 Å². The van der Waals surface area contributed by atoms with Gasteiger partial charge in [0.25, 0.3) is 5.69 Å². The zero-order valence-electron chi connectivity index (χ0n) is 17.1. The molecule has 0 aliphatic carbocycles. The number of furan rings is 1. The number of nitro benzene ring substituents is 1. The SMILES string of the molecule is O=[N+]([O-])c1ccccc1-c1ccc([C@@H]2[C@H](c3ccccn3)NC(=S)N2c2ccccc2F)o1. The number of para-hydroxylation sites is 2. The Hall–Kier alpha value is -4.11. The third-order valence-corrected chi connectivity index (χ3v) is 5.81. The first kappa shape index (κ1) is 20.8. The van der Waals surface area contributed by atoms with E-state index in [4.69, 9.17) is 16.6 Å². The molecule has 3 heterocycles. The number of nitrogens with zero attached hydrogens (tertiary/aromatic N) is 3. The molecule has 1 fully saturated rings. The first-order chi connectivity index (χ1) is 16.0. The van der Waals surface area contributed by atoms with Gasteiger partial charge in [-0.15, -0.1) is 0 Å². The van der Waals surface area contributed by atoms with Gasteiger partial charge in [-0.05, 0) is 54.7 Å². The Bertz CT molecular complexity index is 1340. The van der Waals surface area contributed by atoms with Gasteiger partial charge in [0.2, 0.25) is 0 Å². The second-order valence-electron chi connectivity index (χ2n) is 7.42. The average Bonchev–Trinajstić information content (AvgIpc) is 3.44. The minimum Gasteiger partial charge on any atom is -0.459 e. The standard InChI is InChI=1S/C24H17FN4O3S/c25-16-8-2-4-11-19(16)28-23(22(27-24(28)33)17-9-5-6-14-26-17)21-13-12-20(32-21)15-7-1-3-10-18(15)29(30)31/h1-14,22-23H,(H,27,33)/t22-,23+/m0/s1. The van der Waals surface area contributed by atoms with Crippen LogP contribution in [0.15, 0.2) is 89.5 Å². The number of aromatic nitrogens is 1. The summed E-state index contributed by atoms with van der Waals surface area (Å²) in [6.07, 6.45) is 1.67. The molecule has 0 saturated carbocycles. The van der Waals surface area contributed by atoms with Gasteiger partial charge in [-0.3, -0.25) is 15.1 Å². The Morgan fingerprint density at radius 2 is 1.79 bits per heavy atom. The zero-order valence-corrected chi connectivity index (χ0v) is 17.9. The van der Waals surface area contributed by atoms with Crippen LogP contribution in [0.2, 0.25) is 0 Å². The highest BCUT2D eigenvalue weighted by Crippen LogP contribution is 2.44. The molecule has 0 bridgehead atoms. The second-order valence-corrected chi connectivity index (χ2v) is 7.81. The maximum atomic E-state index is 14.8. The summed E-state index contributed by atoms with van der Waals surface area (Å²) in [6.45, 7) is 0. The molecule has 164 valence electrons. The van der Waals surface area contributed by atoms with E-state index in [0.717, 1.165) is 0 Å². The third-order valence-electron chi connectivity index (χ3n) is 5.49. The van der Waals surface area contributed by atoms with Gasteiger partial charge in [0, 0.05) is 12.3 Å². The molecule has 1 N–H and O–H groups in total. The second kappa shape index (κ2) is 8.44. The van der Waals surface area contributed by atoms with Crippen molar-refractivity contribution in [2.75, 3.05) is 4.90 Å². The predicted molar refractivity (Wildman–Crippen MR) is 125 cm³/mol. The Morgan fingerprint density at radius 3 is 2.55 bits per heavy atom. The molecule has 33 heavy (non-hydrogen) atoms. The number of rotatable bonds is 5. The van der Waals surface area contributed by atoms with Crippen LogP contribution in [0.4, 0.5) is 15.8 Å². The van der Waals surface area contributed by atoms with Crippen molar-refractivity contribution in [2.24, 2.45) is 0 Å². The predicted octanol–water partition coefficient (Wildman–Crippen LogP) is 5.57. The highest BCUT2D eigenvalue weighted by atomic mass is 32.1. The Morgan fingerprint density at radius 1 is 1.03 bits per heavy atom. The Kier molecular flexibility index (Phi) is 5.31. The molecular formula is C24H17FN4O3S. The number of anilines is 1. The van der Waals surface area contributed by atoms with Gasteiger partial charge < -0.3 is 14.6 Å². The van der Waals surface area contributed by atoms with E-state index in [0.29, 0.717) is 33.6 Å². The maximum Gasteiger partial charge on any atom is 0.280 e. The van der Waals surface area contributed by atoms with Crippen LogP contribution in [0, 0.1) is 15.9 Å². The highest BCUT2D eigenvalue weighted by molar-refractivity contribution is 7.80. The van der Waals surface area contributed by atoms with Crippen LogP contribution in [-0.4, -0.2) is 15.0 Å². The van der Waals surface area contributed by atoms with Crippen LogP contribution in [0.3, 0.4) is 0 Å². The van der Waals surface area contributed by atoms with Crippen molar-refractivity contribution in [2.45, 2.75) is 12.1 Å². The number of pyridine rings is 1. The average molecular weight is 460 g/mol. The lowest BCUT2D eigenvalue weighted by Gasteiger charge is -2.26. The van der Waals surface area contributed by atoms with Crippen LogP contribution < -0.4 is 10.2 Å². The van der Waals surface area contributed by atoms with Crippen molar-refractivity contribution in [3.63, 3.8) is 0 Å². The lowest BCUT2D eigenvalue weighted by molar-refractivity contribution is -0.384. The van der Waals surface area contributed by atoms with E-state index in [-0.39, 0.29) is 5.69 Å². The van der Waals surface area contributed by atoms with Crippen molar-refractivity contribution in [3.05, 3.63) is 112 Å². The number of halogens is 1. The highest BCUT2D eigenvalue weighted by Gasteiger charge is 2.43. The van der Waals surface area contributed by atoms with Crippen LogP contribution in [-0.2, 0) is 0 Å². The smallest absolute Gasteiger partial charge is 0.280 e. The summed E-state index contributed by atoms with van der Waals surface area (Å²) < 4.78 is 20.9. The summed E-state index contributed by atoms with van der Waals surface area (Å²) in [5, 5.41) is 15.0. The number of nitro groups is 1. The molecule has 0 radical (unpaired) electrons. The molecule has 1 aliphatic rings. The van der Waals surface area contributed by atoms with E-state index in [9.17, 15) is 14.5 Å². The molecule has 2 aromatic carbocycles. The van der Waals surface area contributed by atoms with Gasteiger partial charge >= 0.3 is 0 Å². The van der Waals surface area contributed by atoms with Gasteiger partial charge in [0.05, 0.1) is 27.9 Å². The van der Waals surface area contributed by atoms with E-state index >= 15 is 0 Å². The molecule has 1 aliphatic heterocycles. The fourth-order valence-corrected chi connectivity index (χ4v) is 4.39. The molecule has 7 nitrogen and oxygen atoms in total. The molecule has 0 amide bonds. The first-order valence-corrected chi connectivity index (χ1v) is 10.5. The topological polar surface area (TPSA) is 84.4 Å². The summed E-state index contributed by atoms with van der Waals surface area (Å²) in [4.78, 5) is 17.1. The first-order valence-electron chi connectivity index (χ1n) is 10.1. The summed E-state index contributed by atoms with van der Waals surface area (Å²) in [7, 11) is 0. The fourth-order valence-electron chi connectivity index (χ4n) is 4.05. The Labute approximate surface area is 193 Å². The number of benzene rings is 2. The molecule has 1 saturated heterocycles. The van der Waals surface area contributed by atoms with Gasteiger partial charge in [0.15, 0.2) is 5.11 Å². The van der Waals surface area contributed by atoms with Crippen molar-refractivity contribution in [1.82, 2.24) is 10.3 Å². The maximum absolute atomic E-state index is 14.8. The van der Waals surface area contributed by atoms with Crippen LogP contribution in [0.1, 0.15) is 23.5 Å². The summed E-state index contributed by atoms with van der Waals surface area (Å²) in [6, 6.07) is 20.6. The van der Waals surface area contributed by atoms with Crippen molar-refractivity contribution in [1.29, 1.82) is 0 Å². The molecule has 2 aromatic heterocycles. The van der Waals surface area contributed by atoms with Crippen molar-refractivity contribution < 1.29 is 13.7 Å². The summed E-state index contributed by atoms with van der Waals surface area (Å²) in [5.41, 5.74) is 1.29. The third kappa shape index (κ3) is 3.72. The van der Waals surface area contributed by atoms with Gasteiger partial charge in [-0.1, -0.05) is 30.3 Å². The van der Waals surface area contributed by atoms with E-state index in [1.54, 1.807) is 65.7 Å². The largest absolute Gasteiger partial charge is 0.459 e. The molecule has 5 rings (SSSR count). The minimum absolute atomic E-state index is 0.0642. The summed E-state index contributed by atoms with van der Waals surface area (Å²) >= 11 is 5.58. The number of hydrogen-bond donors (Lipinski definition) is 1. The normalized spacial score (nSPS) is 17.7. The summed E-state index contributed by atoms with van der Waals surface area (Å²) in [5.74, 6) is 0.372. The number of nitrogens with one attached hydrogen (secondary N) is 1. The lowest BCUT2D eigenvalue weighted by atomic mass is 10.0. The number of hydrogen-bond acceptors (Lipinski definition) is 5. The zero-order chi connectivity index (χ0) is 22.9. The molecule has 0 unspecified atom stereocenters. The van der Waals surface area contributed by atoms with Crippen LogP contribution in [0.25, 0.3) is 11.3 Å². The van der Waals surface area contributed by atoms with Gasteiger partial charge in [-0.2, -0.15) is 0 Å². The van der Waals surface area contributed by atoms with Crippen molar-refractivity contribution >= 4 is 28.7 Å². The Balaban J connectivity index is 1.63. The van der Waals surface area contributed by atoms with E-state index < -0.39 is 22.8 Å². The van der Waals surface area contributed by atoms with E-state index in [2.05, 4.69) is 10.3 Å². The van der Waals surface area contributed by atoms with Gasteiger partial charge in [0.1, 0.15) is 23.4 Å². The molecule has 4 aromatic rings. The van der Waals surface area contributed by atoms with Crippen molar-refractivity contribution in [3.8, 4) is 11.3 Å². The van der Waals surface area contributed by atoms with Gasteiger partial charge in [-0.25, -0.2) is 4.39 Å². The molecule has 9 heteroatoms. The minimum atomic E-state index is -0.569. The van der Waals surface area contributed by atoms with Crippen LogP contribution in [0.5, 0.6) is 0 Å². The quantitative estimate of drug-likeness (QED) is 0.237. The molecular weight excluding hydrogens is 443 g/mol. The molecule has 2 atom stereocenters. The fraction of sp³-hybridized carbons (Fsp3) is 0.0833. The monoisotopic (exact) mass is 460 g/mol.